The quantitative estimate of drug-likeness (QED) is 0.405. The van der Waals surface area contributed by atoms with Gasteiger partial charge in [0, 0.05) is 6.42 Å². The fraction of sp³-hybridized carbons (Fsp3) is 0.917. The van der Waals surface area contributed by atoms with Crippen molar-refractivity contribution in [3.63, 3.8) is 0 Å². The van der Waals surface area contributed by atoms with Gasteiger partial charge in [0.2, 0.25) is 13.9 Å². The predicted octanol–water partition coefficient (Wildman–Crippen LogP) is 4.26. The smallest absolute Gasteiger partial charge is 0.243 e. The van der Waals surface area contributed by atoms with Crippen molar-refractivity contribution in [2.75, 3.05) is 13.2 Å². The van der Waals surface area contributed by atoms with Gasteiger partial charge in [0.25, 0.3) is 0 Å². The third-order valence-electron chi connectivity index (χ3n) is 2.19. The van der Waals surface area contributed by atoms with Gasteiger partial charge < -0.3 is 9.05 Å². The molecular weight excluding hydrogens is 223 g/mol. The van der Waals surface area contributed by atoms with E-state index in [1.54, 1.807) is 0 Å². The van der Waals surface area contributed by atoms with Gasteiger partial charge in [0.05, 0.1) is 13.2 Å². The molecule has 96 valence electrons. The van der Waals surface area contributed by atoms with Gasteiger partial charge in [-0.25, -0.2) is 0 Å². The summed E-state index contributed by atoms with van der Waals surface area (Å²) in [6.45, 7) is 7.07. The second-order valence-electron chi connectivity index (χ2n) is 3.65. The number of hydrogen-bond donors (Lipinski definition) is 0. The lowest BCUT2D eigenvalue weighted by Crippen LogP contribution is -2.02. The first-order valence-corrected chi connectivity index (χ1v) is 7.52. The minimum absolute atomic E-state index is 0.148. The monoisotopic (exact) mass is 248 g/mol. The molecule has 0 bridgehead atoms. The van der Waals surface area contributed by atoms with Crippen LogP contribution < -0.4 is 0 Å². The standard InChI is InChI=1S/C12H25O3P/c1-4-7-8-9-10-11-12(13)16(14-5-2)15-6-3/h4-11H2,1-3H3. The van der Waals surface area contributed by atoms with Crippen LogP contribution in [-0.4, -0.2) is 18.7 Å². The zero-order chi connectivity index (χ0) is 12.2. The highest BCUT2D eigenvalue weighted by atomic mass is 31.2. The first kappa shape index (κ1) is 16.0. The summed E-state index contributed by atoms with van der Waals surface area (Å²) in [5, 5.41) is 0. The molecule has 0 rings (SSSR count). The van der Waals surface area contributed by atoms with Gasteiger partial charge in [-0.05, 0) is 20.3 Å². The lowest BCUT2D eigenvalue weighted by atomic mass is 10.1. The van der Waals surface area contributed by atoms with Crippen molar-refractivity contribution < 1.29 is 13.8 Å². The van der Waals surface area contributed by atoms with Gasteiger partial charge in [0.15, 0.2) is 0 Å². The molecule has 0 spiro atoms. The van der Waals surface area contributed by atoms with E-state index < -0.39 is 8.38 Å². The van der Waals surface area contributed by atoms with E-state index in [1.807, 2.05) is 13.8 Å². The number of hydrogen-bond acceptors (Lipinski definition) is 3. The summed E-state index contributed by atoms with van der Waals surface area (Å²) in [6, 6.07) is 0. The zero-order valence-electron chi connectivity index (χ0n) is 10.8. The van der Waals surface area contributed by atoms with Gasteiger partial charge in [-0.2, -0.15) is 0 Å². The van der Waals surface area contributed by atoms with Gasteiger partial charge in [-0.15, -0.1) is 0 Å². The summed E-state index contributed by atoms with van der Waals surface area (Å²) < 4.78 is 10.6. The van der Waals surface area contributed by atoms with E-state index in [-0.39, 0.29) is 5.52 Å². The molecule has 0 saturated carbocycles. The predicted molar refractivity (Wildman–Crippen MR) is 68.6 cm³/mol. The third kappa shape index (κ3) is 8.20. The van der Waals surface area contributed by atoms with Crippen LogP contribution in [0.4, 0.5) is 0 Å². The normalized spacial score (nSPS) is 11.0. The van der Waals surface area contributed by atoms with Crippen molar-refractivity contribution >= 4 is 13.9 Å². The Labute approximate surface area is 101 Å². The highest BCUT2D eigenvalue weighted by molar-refractivity contribution is 7.66. The van der Waals surface area contributed by atoms with Crippen LogP contribution in [0.5, 0.6) is 0 Å². The summed E-state index contributed by atoms with van der Waals surface area (Å²) in [6.07, 6.45) is 6.44. The average molecular weight is 248 g/mol. The van der Waals surface area contributed by atoms with Crippen LogP contribution in [0, 0.1) is 0 Å². The van der Waals surface area contributed by atoms with E-state index in [0.717, 1.165) is 12.8 Å². The van der Waals surface area contributed by atoms with Crippen LogP contribution in [0.3, 0.4) is 0 Å². The van der Waals surface area contributed by atoms with Crippen LogP contribution in [0.25, 0.3) is 0 Å². The van der Waals surface area contributed by atoms with Crippen molar-refractivity contribution in [3.8, 4) is 0 Å². The highest BCUT2D eigenvalue weighted by Crippen LogP contribution is 2.40. The maximum atomic E-state index is 11.7. The molecule has 16 heavy (non-hydrogen) atoms. The van der Waals surface area contributed by atoms with Crippen molar-refractivity contribution in [2.24, 2.45) is 0 Å². The second kappa shape index (κ2) is 11.5. The number of carbonyl (C=O) groups excluding carboxylic acids is 1. The summed E-state index contributed by atoms with van der Waals surface area (Å²) in [4.78, 5) is 11.7. The Morgan fingerprint density at radius 2 is 1.50 bits per heavy atom. The van der Waals surface area contributed by atoms with Crippen molar-refractivity contribution in [1.82, 2.24) is 0 Å². The molecule has 0 aromatic rings. The van der Waals surface area contributed by atoms with Crippen LogP contribution in [0.1, 0.15) is 59.3 Å². The molecule has 0 radical (unpaired) electrons. The number of rotatable bonds is 11. The molecule has 0 amide bonds. The lowest BCUT2D eigenvalue weighted by molar-refractivity contribution is -0.113. The van der Waals surface area contributed by atoms with E-state index in [9.17, 15) is 4.79 Å². The molecule has 0 unspecified atom stereocenters. The van der Waals surface area contributed by atoms with E-state index in [1.165, 1.54) is 19.3 Å². The van der Waals surface area contributed by atoms with E-state index in [2.05, 4.69) is 6.92 Å². The molecule has 0 aliphatic carbocycles. The molecule has 0 aliphatic heterocycles. The number of unbranched alkanes of at least 4 members (excludes halogenated alkanes) is 4. The van der Waals surface area contributed by atoms with Crippen molar-refractivity contribution in [3.05, 3.63) is 0 Å². The molecule has 0 N–H and O–H groups in total. The van der Waals surface area contributed by atoms with Crippen LogP contribution in [0.2, 0.25) is 0 Å². The van der Waals surface area contributed by atoms with Gasteiger partial charge >= 0.3 is 0 Å². The van der Waals surface area contributed by atoms with Gasteiger partial charge in [-0.3, -0.25) is 4.79 Å². The average Bonchev–Trinajstić information content (AvgIpc) is 2.28. The molecule has 0 heterocycles. The molecule has 0 aliphatic rings. The highest BCUT2D eigenvalue weighted by Gasteiger charge is 2.19. The largest absolute Gasteiger partial charge is 0.329 e. The first-order valence-electron chi connectivity index (χ1n) is 6.35. The minimum atomic E-state index is -1.29. The Kier molecular flexibility index (Phi) is 11.5. The Morgan fingerprint density at radius 1 is 0.938 bits per heavy atom. The molecule has 0 atom stereocenters. The molecule has 0 saturated heterocycles. The topological polar surface area (TPSA) is 35.5 Å². The maximum absolute atomic E-state index is 11.7. The third-order valence-corrected chi connectivity index (χ3v) is 3.81. The maximum Gasteiger partial charge on any atom is 0.243 e. The fourth-order valence-electron chi connectivity index (χ4n) is 1.39. The molecule has 0 aromatic heterocycles. The van der Waals surface area contributed by atoms with Crippen molar-refractivity contribution in [2.45, 2.75) is 59.3 Å². The minimum Gasteiger partial charge on any atom is -0.329 e. The van der Waals surface area contributed by atoms with E-state index >= 15 is 0 Å². The van der Waals surface area contributed by atoms with Crippen LogP contribution >= 0.6 is 8.38 Å². The molecule has 0 fully saturated rings. The second-order valence-corrected chi connectivity index (χ2v) is 5.18. The summed E-state index contributed by atoms with van der Waals surface area (Å²) in [5.41, 5.74) is 0.148. The van der Waals surface area contributed by atoms with Crippen molar-refractivity contribution in [1.29, 1.82) is 0 Å². The fourth-order valence-corrected chi connectivity index (χ4v) is 2.56. The number of carbonyl (C=O) groups is 1. The first-order chi connectivity index (χ1) is 7.76. The Balaban J connectivity index is 3.65. The Morgan fingerprint density at radius 3 is 2.00 bits per heavy atom. The zero-order valence-corrected chi connectivity index (χ0v) is 11.7. The lowest BCUT2D eigenvalue weighted by Gasteiger charge is -2.13. The summed E-state index contributed by atoms with van der Waals surface area (Å²) >= 11 is 0. The van der Waals surface area contributed by atoms with Crippen LogP contribution in [0.15, 0.2) is 0 Å². The molecule has 4 heteroatoms. The molecular formula is C12H25O3P. The molecule has 0 aromatic carbocycles. The summed E-state index contributed by atoms with van der Waals surface area (Å²) in [5.74, 6) is 0. The Hall–Kier alpha value is 0.0200. The SMILES string of the molecule is CCCCCCCC(=O)P(OCC)OCC. The van der Waals surface area contributed by atoms with Crippen LogP contribution in [-0.2, 0) is 13.8 Å². The summed E-state index contributed by atoms with van der Waals surface area (Å²) in [7, 11) is -1.29. The van der Waals surface area contributed by atoms with Gasteiger partial charge in [0.1, 0.15) is 0 Å². The molecule has 3 nitrogen and oxygen atoms in total. The Bertz CT molecular complexity index is 168. The van der Waals surface area contributed by atoms with E-state index in [0.29, 0.717) is 19.6 Å². The van der Waals surface area contributed by atoms with E-state index in [4.69, 9.17) is 9.05 Å². The van der Waals surface area contributed by atoms with Gasteiger partial charge in [-0.1, -0.05) is 32.6 Å².